The van der Waals surface area contributed by atoms with E-state index in [1.165, 1.54) is 0 Å². The summed E-state index contributed by atoms with van der Waals surface area (Å²) in [6, 6.07) is 9.58. The highest BCUT2D eigenvalue weighted by molar-refractivity contribution is 5.99. The Balaban J connectivity index is 1.82. The summed E-state index contributed by atoms with van der Waals surface area (Å²) in [5.41, 5.74) is 1.71. The van der Waals surface area contributed by atoms with Gasteiger partial charge < -0.3 is 4.74 Å². The van der Waals surface area contributed by atoms with Gasteiger partial charge in [-0.05, 0) is 36.6 Å². The molecule has 0 bridgehead atoms. The van der Waals surface area contributed by atoms with E-state index < -0.39 is 0 Å². The lowest BCUT2D eigenvalue weighted by Crippen LogP contribution is -2.08. The van der Waals surface area contributed by atoms with Crippen LogP contribution in [0.1, 0.15) is 23.2 Å². The van der Waals surface area contributed by atoms with Gasteiger partial charge in [-0.3, -0.25) is 9.78 Å². The number of pyridine rings is 1. The van der Waals surface area contributed by atoms with Gasteiger partial charge >= 0.3 is 0 Å². The molecule has 1 unspecified atom stereocenters. The van der Waals surface area contributed by atoms with Crippen molar-refractivity contribution >= 4 is 16.7 Å². The Bertz CT molecular complexity index is 573. The average Bonchev–Trinajstić information content (AvgIpc) is 2.91. The second kappa shape index (κ2) is 4.86. The summed E-state index contributed by atoms with van der Waals surface area (Å²) >= 11 is 0. The number of ether oxygens (including phenoxy) is 1. The third-order valence-corrected chi connectivity index (χ3v) is 3.42. The van der Waals surface area contributed by atoms with Gasteiger partial charge in [-0.2, -0.15) is 0 Å². The Morgan fingerprint density at radius 2 is 2.33 bits per heavy atom. The normalized spacial score (nSPS) is 19.2. The average molecular weight is 241 g/mol. The summed E-state index contributed by atoms with van der Waals surface area (Å²) < 4.78 is 5.30. The van der Waals surface area contributed by atoms with Crippen molar-refractivity contribution in [2.24, 2.45) is 5.92 Å². The van der Waals surface area contributed by atoms with E-state index in [9.17, 15) is 4.79 Å². The van der Waals surface area contributed by atoms with Crippen LogP contribution < -0.4 is 0 Å². The maximum atomic E-state index is 12.2. The number of fused-ring (bicyclic) bond motifs is 1. The van der Waals surface area contributed by atoms with Gasteiger partial charge in [0, 0.05) is 36.8 Å². The molecule has 0 aliphatic carbocycles. The molecule has 0 amide bonds. The molecule has 0 saturated carbocycles. The highest BCUT2D eigenvalue weighted by Gasteiger charge is 2.19. The lowest BCUT2D eigenvalue weighted by molar-refractivity contribution is 0.0953. The van der Waals surface area contributed by atoms with Crippen molar-refractivity contribution in [3.8, 4) is 0 Å². The molecule has 2 aromatic rings. The van der Waals surface area contributed by atoms with Crippen LogP contribution in [0, 0.1) is 5.92 Å². The standard InChI is InChI=1S/C15H15NO2/c17-15(8-11-5-7-18-10-11)13-3-4-14-12(9-13)2-1-6-16-14/h1-4,6,9,11H,5,7-8,10H2. The fourth-order valence-electron chi connectivity index (χ4n) is 2.37. The molecule has 3 nitrogen and oxygen atoms in total. The predicted octanol–water partition coefficient (Wildman–Crippen LogP) is 2.84. The largest absolute Gasteiger partial charge is 0.381 e. The van der Waals surface area contributed by atoms with E-state index in [0.29, 0.717) is 12.3 Å². The van der Waals surface area contributed by atoms with E-state index in [1.54, 1.807) is 6.20 Å². The lowest BCUT2D eigenvalue weighted by atomic mass is 9.97. The molecular weight excluding hydrogens is 226 g/mol. The number of benzene rings is 1. The summed E-state index contributed by atoms with van der Waals surface area (Å²) in [4.78, 5) is 16.4. The highest BCUT2D eigenvalue weighted by atomic mass is 16.5. The first-order valence-corrected chi connectivity index (χ1v) is 6.28. The van der Waals surface area contributed by atoms with Crippen LogP contribution in [0.4, 0.5) is 0 Å². The number of nitrogens with zero attached hydrogens (tertiary/aromatic N) is 1. The number of ketones is 1. The number of rotatable bonds is 3. The van der Waals surface area contributed by atoms with E-state index in [0.717, 1.165) is 36.1 Å². The van der Waals surface area contributed by atoms with Gasteiger partial charge in [-0.25, -0.2) is 0 Å². The van der Waals surface area contributed by atoms with Crippen molar-refractivity contribution in [3.63, 3.8) is 0 Å². The zero-order valence-corrected chi connectivity index (χ0v) is 10.1. The molecule has 0 spiro atoms. The SMILES string of the molecule is O=C(CC1CCOC1)c1ccc2ncccc2c1. The molecule has 18 heavy (non-hydrogen) atoms. The molecule has 1 aromatic carbocycles. The minimum atomic E-state index is 0.205. The van der Waals surface area contributed by atoms with Crippen LogP contribution >= 0.6 is 0 Å². The fraction of sp³-hybridized carbons (Fsp3) is 0.333. The topological polar surface area (TPSA) is 39.2 Å². The van der Waals surface area contributed by atoms with Gasteiger partial charge in [0.05, 0.1) is 5.52 Å². The molecule has 3 rings (SSSR count). The number of aromatic nitrogens is 1. The summed E-state index contributed by atoms with van der Waals surface area (Å²) in [5.74, 6) is 0.596. The van der Waals surface area contributed by atoms with Gasteiger partial charge in [0.2, 0.25) is 0 Å². The Morgan fingerprint density at radius 3 is 3.17 bits per heavy atom. The molecule has 0 radical (unpaired) electrons. The predicted molar refractivity (Wildman–Crippen MR) is 69.6 cm³/mol. The maximum absolute atomic E-state index is 12.2. The van der Waals surface area contributed by atoms with Gasteiger partial charge in [0.15, 0.2) is 5.78 Å². The molecule has 0 N–H and O–H groups in total. The van der Waals surface area contributed by atoms with Crippen molar-refractivity contribution in [1.82, 2.24) is 4.98 Å². The van der Waals surface area contributed by atoms with Crippen LogP contribution in [-0.2, 0) is 4.74 Å². The third-order valence-electron chi connectivity index (χ3n) is 3.42. The van der Waals surface area contributed by atoms with Crippen molar-refractivity contribution in [1.29, 1.82) is 0 Å². The number of carbonyl (C=O) groups excluding carboxylic acids is 1. The van der Waals surface area contributed by atoms with Crippen LogP contribution in [0.15, 0.2) is 36.5 Å². The van der Waals surface area contributed by atoms with Crippen molar-refractivity contribution in [2.75, 3.05) is 13.2 Å². The molecule has 2 heterocycles. The van der Waals surface area contributed by atoms with Gasteiger partial charge in [-0.15, -0.1) is 0 Å². The second-order valence-electron chi connectivity index (χ2n) is 4.77. The van der Waals surface area contributed by atoms with Crippen LogP contribution in [-0.4, -0.2) is 24.0 Å². The van der Waals surface area contributed by atoms with E-state index in [2.05, 4.69) is 4.98 Å². The van der Waals surface area contributed by atoms with E-state index in [4.69, 9.17) is 4.74 Å². The van der Waals surface area contributed by atoms with Crippen molar-refractivity contribution in [3.05, 3.63) is 42.1 Å². The molecule has 3 heteroatoms. The zero-order valence-electron chi connectivity index (χ0n) is 10.1. The van der Waals surface area contributed by atoms with Gasteiger partial charge in [-0.1, -0.05) is 6.07 Å². The molecule has 1 saturated heterocycles. The smallest absolute Gasteiger partial charge is 0.163 e. The Hall–Kier alpha value is -1.74. The highest BCUT2D eigenvalue weighted by Crippen LogP contribution is 2.20. The summed E-state index contributed by atoms with van der Waals surface area (Å²) in [5, 5.41) is 1.02. The summed E-state index contributed by atoms with van der Waals surface area (Å²) in [6.07, 6.45) is 3.35. The number of carbonyl (C=O) groups is 1. The minimum Gasteiger partial charge on any atom is -0.381 e. The van der Waals surface area contributed by atoms with Crippen LogP contribution in [0.5, 0.6) is 0 Å². The Labute approximate surface area is 106 Å². The zero-order chi connectivity index (χ0) is 12.4. The molecule has 92 valence electrons. The molecule has 1 fully saturated rings. The fourth-order valence-corrected chi connectivity index (χ4v) is 2.37. The van der Waals surface area contributed by atoms with Crippen molar-refractivity contribution < 1.29 is 9.53 Å². The van der Waals surface area contributed by atoms with E-state index >= 15 is 0 Å². The molecular formula is C15H15NO2. The molecule has 1 aromatic heterocycles. The molecule has 1 aliphatic heterocycles. The van der Waals surface area contributed by atoms with Crippen LogP contribution in [0.25, 0.3) is 10.9 Å². The monoisotopic (exact) mass is 241 g/mol. The summed E-state index contributed by atoms with van der Waals surface area (Å²) in [7, 11) is 0. The number of Topliss-reactive ketones (excluding diaryl/α,β-unsaturated/α-hetero) is 1. The maximum Gasteiger partial charge on any atom is 0.163 e. The first-order valence-electron chi connectivity index (χ1n) is 6.28. The molecule has 1 aliphatic rings. The van der Waals surface area contributed by atoms with Gasteiger partial charge in [0.25, 0.3) is 0 Å². The van der Waals surface area contributed by atoms with Gasteiger partial charge in [0.1, 0.15) is 0 Å². The quantitative estimate of drug-likeness (QED) is 0.776. The second-order valence-corrected chi connectivity index (χ2v) is 4.77. The summed E-state index contributed by atoms with van der Waals surface area (Å²) in [6.45, 7) is 1.51. The first kappa shape index (κ1) is 11.4. The van der Waals surface area contributed by atoms with Crippen LogP contribution in [0.2, 0.25) is 0 Å². The lowest BCUT2D eigenvalue weighted by Gasteiger charge is -2.07. The van der Waals surface area contributed by atoms with Crippen molar-refractivity contribution in [2.45, 2.75) is 12.8 Å². The van der Waals surface area contributed by atoms with E-state index in [1.807, 2.05) is 30.3 Å². The molecule has 1 atom stereocenters. The Morgan fingerprint density at radius 1 is 1.39 bits per heavy atom. The van der Waals surface area contributed by atoms with Crippen LogP contribution in [0.3, 0.4) is 0 Å². The number of hydrogen-bond acceptors (Lipinski definition) is 3. The number of hydrogen-bond donors (Lipinski definition) is 0. The Kier molecular flexibility index (Phi) is 3.07. The first-order chi connectivity index (χ1) is 8.83. The third kappa shape index (κ3) is 2.27. The minimum absolute atomic E-state index is 0.205. The van der Waals surface area contributed by atoms with E-state index in [-0.39, 0.29) is 5.78 Å².